The van der Waals surface area contributed by atoms with Crippen LogP contribution in [0.15, 0.2) is 24.4 Å². The summed E-state index contributed by atoms with van der Waals surface area (Å²) < 4.78 is 39.5. The highest BCUT2D eigenvalue weighted by Gasteiger charge is 2.33. The second kappa shape index (κ2) is 5.72. The number of rotatable bonds is 4. The molecule has 2 aromatic rings. The van der Waals surface area contributed by atoms with Gasteiger partial charge in [0, 0.05) is 6.20 Å². The van der Waals surface area contributed by atoms with Crippen LogP contribution in [-0.4, -0.2) is 26.1 Å². The second-order valence-corrected chi connectivity index (χ2v) is 4.70. The lowest BCUT2D eigenvalue weighted by Gasteiger charge is -2.10. The fraction of sp³-hybridized carbons (Fsp3) is 0.250. The Morgan fingerprint density at radius 1 is 1.38 bits per heavy atom. The number of aliphatic carboxylic acids is 1. The molecule has 0 saturated carbocycles. The summed E-state index contributed by atoms with van der Waals surface area (Å²) in [7, 11) is 0. The molecule has 5 nitrogen and oxygen atoms in total. The van der Waals surface area contributed by atoms with Crippen LogP contribution in [0, 0.1) is 0 Å². The molecule has 9 heteroatoms. The van der Waals surface area contributed by atoms with Crippen molar-refractivity contribution in [3.05, 3.63) is 46.2 Å². The molecular weight excluding hydrogens is 311 g/mol. The molecule has 1 N–H and O–H groups in total. The number of aromatic nitrogens is 3. The van der Waals surface area contributed by atoms with Crippen LogP contribution < -0.4 is 0 Å². The Bertz CT molecular complexity index is 670. The predicted octanol–water partition coefficient (Wildman–Crippen LogP) is 2.63. The number of hydrogen-bond acceptors (Lipinski definition) is 3. The van der Waals surface area contributed by atoms with Crippen LogP contribution in [0.2, 0.25) is 5.02 Å². The average molecular weight is 320 g/mol. The number of hydrogen-bond donors (Lipinski definition) is 1. The van der Waals surface area contributed by atoms with E-state index in [9.17, 15) is 18.0 Å². The summed E-state index contributed by atoms with van der Waals surface area (Å²) >= 11 is 5.53. The lowest BCUT2D eigenvalue weighted by atomic mass is 10.1. The summed E-state index contributed by atoms with van der Waals surface area (Å²) in [5.74, 6) is -1.06. The van der Waals surface area contributed by atoms with Crippen molar-refractivity contribution in [3.8, 4) is 0 Å². The van der Waals surface area contributed by atoms with Crippen molar-refractivity contribution in [2.45, 2.75) is 19.1 Å². The van der Waals surface area contributed by atoms with Gasteiger partial charge in [0.2, 0.25) is 0 Å². The first-order valence-corrected chi connectivity index (χ1v) is 6.10. The molecule has 112 valence electrons. The van der Waals surface area contributed by atoms with E-state index in [1.54, 1.807) is 0 Å². The minimum atomic E-state index is -4.54. The van der Waals surface area contributed by atoms with Crippen LogP contribution in [0.25, 0.3) is 0 Å². The molecule has 0 radical (unpaired) electrons. The van der Waals surface area contributed by atoms with E-state index in [-0.39, 0.29) is 23.7 Å². The third-order valence-corrected chi connectivity index (χ3v) is 2.93. The van der Waals surface area contributed by atoms with E-state index in [0.717, 1.165) is 12.1 Å². The zero-order valence-corrected chi connectivity index (χ0v) is 11.2. The van der Waals surface area contributed by atoms with E-state index in [0.29, 0.717) is 5.56 Å². The maximum Gasteiger partial charge on any atom is 0.417 e. The Morgan fingerprint density at radius 2 is 2.10 bits per heavy atom. The minimum absolute atomic E-state index is 0.0346. The Morgan fingerprint density at radius 3 is 2.71 bits per heavy atom. The molecular formula is C12H9ClF3N3O2. The predicted molar refractivity (Wildman–Crippen MR) is 66.9 cm³/mol. The molecule has 21 heavy (non-hydrogen) atoms. The zero-order valence-electron chi connectivity index (χ0n) is 10.4. The molecule has 0 bridgehead atoms. The van der Waals surface area contributed by atoms with E-state index in [2.05, 4.69) is 10.3 Å². The van der Waals surface area contributed by atoms with Gasteiger partial charge >= 0.3 is 12.1 Å². The molecule has 0 atom stereocenters. The number of halogens is 4. The molecule has 1 heterocycles. The van der Waals surface area contributed by atoms with Crippen molar-refractivity contribution in [1.82, 2.24) is 15.0 Å². The topological polar surface area (TPSA) is 68.0 Å². The monoisotopic (exact) mass is 319 g/mol. The number of alkyl halides is 3. The van der Waals surface area contributed by atoms with Gasteiger partial charge < -0.3 is 5.11 Å². The van der Waals surface area contributed by atoms with E-state index >= 15 is 0 Å². The maximum atomic E-state index is 12.7. The molecule has 0 aliphatic carbocycles. The van der Waals surface area contributed by atoms with Crippen LogP contribution in [0.3, 0.4) is 0 Å². The fourth-order valence-corrected chi connectivity index (χ4v) is 1.95. The molecule has 0 aliphatic heterocycles. The van der Waals surface area contributed by atoms with Gasteiger partial charge in [0.25, 0.3) is 0 Å². The van der Waals surface area contributed by atoms with Crippen molar-refractivity contribution >= 4 is 17.6 Å². The van der Waals surface area contributed by atoms with E-state index in [4.69, 9.17) is 16.7 Å². The highest BCUT2D eigenvalue weighted by Crippen LogP contribution is 2.35. The molecule has 0 saturated heterocycles. The molecule has 0 amide bonds. The van der Waals surface area contributed by atoms with Gasteiger partial charge in [0.05, 0.1) is 29.2 Å². The van der Waals surface area contributed by atoms with Crippen LogP contribution in [0.5, 0.6) is 0 Å². The number of carboxylic acids is 1. The Balaban J connectivity index is 2.20. The number of carbonyl (C=O) groups is 1. The third kappa shape index (κ3) is 3.94. The van der Waals surface area contributed by atoms with Gasteiger partial charge in [-0.2, -0.15) is 13.2 Å². The molecule has 0 unspecified atom stereocenters. The molecule has 0 aliphatic rings. The number of nitrogens with zero attached hydrogens (tertiary/aromatic N) is 3. The van der Waals surface area contributed by atoms with Crippen LogP contribution in [-0.2, 0) is 23.9 Å². The lowest BCUT2D eigenvalue weighted by Crippen LogP contribution is -2.08. The molecule has 1 aromatic carbocycles. The number of carboxylic acid groups (broad SMARTS) is 1. The lowest BCUT2D eigenvalue weighted by molar-refractivity contribution is -0.138. The summed E-state index contributed by atoms with van der Waals surface area (Å²) in [6, 6.07) is 3.53. The van der Waals surface area contributed by atoms with Gasteiger partial charge in [-0.1, -0.05) is 22.9 Å². The standard InChI is InChI=1S/C12H9ClF3N3O2/c13-10-2-1-7(3-9(10)12(14,15)16)5-19-6-8(17-18-19)4-11(20)21/h1-3,6H,4-5H2,(H,20,21). The highest BCUT2D eigenvalue weighted by molar-refractivity contribution is 6.31. The second-order valence-electron chi connectivity index (χ2n) is 4.29. The number of benzene rings is 1. The Labute approximate surface area is 121 Å². The fourth-order valence-electron chi connectivity index (χ4n) is 1.73. The summed E-state index contributed by atoms with van der Waals surface area (Å²) in [4.78, 5) is 10.5. The van der Waals surface area contributed by atoms with Crippen molar-refractivity contribution in [3.63, 3.8) is 0 Å². The first kappa shape index (κ1) is 15.3. The summed E-state index contributed by atoms with van der Waals surface area (Å²) in [6.07, 6.45) is -3.46. The van der Waals surface area contributed by atoms with Gasteiger partial charge in [-0.15, -0.1) is 5.10 Å². The van der Waals surface area contributed by atoms with Crippen molar-refractivity contribution < 1.29 is 23.1 Å². The summed E-state index contributed by atoms with van der Waals surface area (Å²) in [5, 5.41) is 15.5. The van der Waals surface area contributed by atoms with Crippen molar-refractivity contribution in [1.29, 1.82) is 0 Å². The highest BCUT2D eigenvalue weighted by atomic mass is 35.5. The molecule has 1 aromatic heterocycles. The van der Waals surface area contributed by atoms with Crippen LogP contribution in [0.4, 0.5) is 13.2 Å². The van der Waals surface area contributed by atoms with Crippen LogP contribution >= 0.6 is 11.6 Å². The third-order valence-electron chi connectivity index (χ3n) is 2.60. The van der Waals surface area contributed by atoms with Gasteiger partial charge in [-0.3, -0.25) is 4.79 Å². The molecule has 0 spiro atoms. The SMILES string of the molecule is O=C(O)Cc1cn(Cc2ccc(Cl)c(C(F)(F)F)c2)nn1. The maximum absolute atomic E-state index is 12.7. The van der Waals surface area contributed by atoms with Crippen LogP contribution in [0.1, 0.15) is 16.8 Å². The van der Waals surface area contributed by atoms with E-state index in [1.807, 2.05) is 0 Å². The Kier molecular flexibility index (Phi) is 4.17. The van der Waals surface area contributed by atoms with Crippen molar-refractivity contribution in [2.24, 2.45) is 0 Å². The quantitative estimate of drug-likeness (QED) is 0.940. The van der Waals surface area contributed by atoms with E-state index < -0.39 is 17.7 Å². The van der Waals surface area contributed by atoms with Gasteiger partial charge in [0.1, 0.15) is 0 Å². The zero-order chi connectivity index (χ0) is 15.6. The van der Waals surface area contributed by atoms with Gasteiger partial charge in [0.15, 0.2) is 0 Å². The molecule has 0 fully saturated rings. The first-order valence-electron chi connectivity index (χ1n) is 5.72. The minimum Gasteiger partial charge on any atom is -0.481 e. The van der Waals surface area contributed by atoms with E-state index in [1.165, 1.54) is 16.9 Å². The average Bonchev–Trinajstić information content (AvgIpc) is 2.76. The summed E-state index contributed by atoms with van der Waals surface area (Å²) in [6.45, 7) is 0.0346. The first-order chi connectivity index (χ1) is 9.75. The normalized spacial score (nSPS) is 11.6. The molecule has 2 rings (SSSR count). The summed E-state index contributed by atoms with van der Waals surface area (Å²) in [5.41, 5.74) is -0.362. The smallest absolute Gasteiger partial charge is 0.417 e. The van der Waals surface area contributed by atoms with Gasteiger partial charge in [-0.05, 0) is 17.7 Å². The Hall–Kier alpha value is -2.09. The van der Waals surface area contributed by atoms with Crippen molar-refractivity contribution in [2.75, 3.05) is 0 Å². The largest absolute Gasteiger partial charge is 0.481 e. The van der Waals surface area contributed by atoms with Gasteiger partial charge in [-0.25, -0.2) is 4.68 Å².